The van der Waals surface area contributed by atoms with Gasteiger partial charge < -0.3 is 5.32 Å². The van der Waals surface area contributed by atoms with Gasteiger partial charge in [0.1, 0.15) is 0 Å². The van der Waals surface area contributed by atoms with Gasteiger partial charge in [-0.15, -0.1) is 0 Å². The summed E-state index contributed by atoms with van der Waals surface area (Å²) >= 11 is 7.98. The van der Waals surface area contributed by atoms with E-state index in [1.54, 1.807) is 0 Å². The predicted molar refractivity (Wildman–Crippen MR) is 87.8 cm³/mol. The van der Waals surface area contributed by atoms with Gasteiger partial charge in [-0.2, -0.15) is 11.8 Å². The standard InChI is InChI=1S/C15H21ClN2OS/c1-11-9-12(3-4-14(11)16)17-15(19)10-18(2)13-5-7-20-8-6-13/h3-4,9,13H,5-8,10H2,1-2H3,(H,17,19). The summed E-state index contributed by atoms with van der Waals surface area (Å²) in [5.74, 6) is 2.44. The van der Waals surface area contributed by atoms with Gasteiger partial charge in [-0.05, 0) is 62.1 Å². The number of thioether (sulfide) groups is 1. The van der Waals surface area contributed by atoms with E-state index in [0.29, 0.717) is 12.6 Å². The van der Waals surface area contributed by atoms with Gasteiger partial charge in [0.15, 0.2) is 0 Å². The van der Waals surface area contributed by atoms with Crippen molar-refractivity contribution in [2.75, 3.05) is 30.4 Å². The van der Waals surface area contributed by atoms with Crippen LogP contribution in [0.3, 0.4) is 0 Å². The van der Waals surface area contributed by atoms with Crippen molar-refractivity contribution >= 4 is 35.0 Å². The van der Waals surface area contributed by atoms with E-state index in [4.69, 9.17) is 11.6 Å². The van der Waals surface area contributed by atoms with Crippen molar-refractivity contribution in [2.45, 2.75) is 25.8 Å². The lowest BCUT2D eigenvalue weighted by Gasteiger charge is -2.30. The molecular formula is C15H21ClN2OS. The maximum Gasteiger partial charge on any atom is 0.238 e. The molecule has 0 atom stereocenters. The lowest BCUT2D eigenvalue weighted by molar-refractivity contribution is -0.117. The van der Waals surface area contributed by atoms with E-state index in [1.807, 2.05) is 43.9 Å². The molecule has 3 nitrogen and oxygen atoms in total. The Morgan fingerprint density at radius 2 is 2.15 bits per heavy atom. The third-order valence-corrected chi connectivity index (χ3v) is 5.12. The molecule has 0 aliphatic carbocycles. The number of halogens is 1. The molecule has 1 saturated heterocycles. The maximum atomic E-state index is 12.1. The molecule has 5 heteroatoms. The van der Waals surface area contributed by atoms with Crippen LogP contribution in [0.5, 0.6) is 0 Å². The largest absolute Gasteiger partial charge is 0.325 e. The quantitative estimate of drug-likeness (QED) is 0.924. The summed E-state index contributed by atoms with van der Waals surface area (Å²) in [7, 11) is 2.04. The van der Waals surface area contributed by atoms with Gasteiger partial charge in [0.2, 0.25) is 5.91 Å². The van der Waals surface area contributed by atoms with E-state index >= 15 is 0 Å². The minimum Gasteiger partial charge on any atom is -0.325 e. The van der Waals surface area contributed by atoms with Crippen LogP contribution < -0.4 is 5.32 Å². The number of rotatable bonds is 4. The molecule has 1 aliphatic rings. The molecule has 0 aromatic heterocycles. The molecule has 0 radical (unpaired) electrons. The number of likely N-dealkylation sites (N-methyl/N-ethyl adjacent to an activating group) is 1. The zero-order valence-electron chi connectivity index (χ0n) is 12.0. The Hall–Kier alpha value is -0.710. The highest BCUT2D eigenvalue weighted by Gasteiger charge is 2.20. The van der Waals surface area contributed by atoms with Crippen LogP contribution in [-0.2, 0) is 4.79 Å². The molecule has 0 spiro atoms. The number of hydrogen-bond acceptors (Lipinski definition) is 3. The number of aryl methyl sites for hydroxylation is 1. The van der Waals surface area contributed by atoms with Gasteiger partial charge in [-0.3, -0.25) is 9.69 Å². The van der Waals surface area contributed by atoms with Crippen LogP contribution >= 0.6 is 23.4 Å². The predicted octanol–water partition coefficient (Wildman–Crippen LogP) is 3.41. The van der Waals surface area contributed by atoms with Crippen LogP contribution in [0, 0.1) is 6.92 Å². The third kappa shape index (κ3) is 4.40. The van der Waals surface area contributed by atoms with Gasteiger partial charge in [0.25, 0.3) is 0 Å². The van der Waals surface area contributed by atoms with Crippen molar-refractivity contribution in [1.29, 1.82) is 0 Å². The van der Waals surface area contributed by atoms with E-state index in [0.717, 1.165) is 16.3 Å². The Morgan fingerprint density at radius 3 is 2.80 bits per heavy atom. The molecule has 0 unspecified atom stereocenters. The van der Waals surface area contributed by atoms with E-state index < -0.39 is 0 Å². The highest BCUT2D eigenvalue weighted by atomic mass is 35.5. The SMILES string of the molecule is Cc1cc(NC(=O)CN(C)C2CCSCC2)ccc1Cl. The Bertz CT molecular complexity index is 475. The summed E-state index contributed by atoms with van der Waals surface area (Å²) in [6.45, 7) is 2.38. The van der Waals surface area contributed by atoms with Crippen molar-refractivity contribution in [3.05, 3.63) is 28.8 Å². The molecule has 20 heavy (non-hydrogen) atoms. The summed E-state index contributed by atoms with van der Waals surface area (Å²) in [5.41, 5.74) is 1.78. The molecule has 1 aromatic carbocycles. The maximum absolute atomic E-state index is 12.1. The van der Waals surface area contributed by atoms with Crippen LogP contribution in [0.1, 0.15) is 18.4 Å². The highest BCUT2D eigenvalue weighted by molar-refractivity contribution is 7.99. The number of benzene rings is 1. The molecule has 0 saturated carbocycles. The summed E-state index contributed by atoms with van der Waals surface area (Å²) in [6, 6.07) is 6.09. The lowest BCUT2D eigenvalue weighted by atomic mass is 10.1. The number of nitrogens with zero attached hydrogens (tertiary/aromatic N) is 1. The second kappa shape index (κ2) is 7.34. The fourth-order valence-corrected chi connectivity index (χ4v) is 3.60. The summed E-state index contributed by atoms with van der Waals surface area (Å²) < 4.78 is 0. The average molecular weight is 313 g/mol. The van der Waals surface area contributed by atoms with Crippen molar-refractivity contribution in [1.82, 2.24) is 4.90 Å². The zero-order valence-corrected chi connectivity index (χ0v) is 13.6. The first-order valence-corrected chi connectivity index (χ1v) is 8.43. The number of carbonyl (C=O) groups excluding carboxylic acids is 1. The second-order valence-electron chi connectivity index (χ2n) is 5.27. The van der Waals surface area contributed by atoms with Crippen LogP contribution in [0.2, 0.25) is 5.02 Å². The van der Waals surface area contributed by atoms with Crippen LogP contribution in [0.25, 0.3) is 0 Å². The van der Waals surface area contributed by atoms with Gasteiger partial charge in [-0.25, -0.2) is 0 Å². The Kier molecular flexibility index (Phi) is 5.75. The first kappa shape index (κ1) is 15.7. The van der Waals surface area contributed by atoms with Crippen molar-refractivity contribution in [2.24, 2.45) is 0 Å². The second-order valence-corrected chi connectivity index (χ2v) is 6.90. The summed E-state index contributed by atoms with van der Waals surface area (Å²) in [5, 5.41) is 3.66. The molecule has 2 rings (SSSR count). The lowest BCUT2D eigenvalue weighted by Crippen LogP contribution is -2.39. The summed E-state index contributed by atoms with van der Waals surface area (Å²) in [6.07, 6.45) is 2.35. The first-order chi connectivity index (χ1) is 9.56. The fraction of sp³-hybridized carbons (Fsp3) is 0.533. The molecule has 1 amide bonds. The molecule has 110 valence electrons. The topological polar surface area (TPSA) is 32.3 Å². The van der Waals surface area contributed by atoms with E-state index in [2.05, 4.69) is 10.2 Å². The fourth-order valence-electron chi connectivity index (χ4n) is 2.40. The number of hydrogen-bond donors (Lipinski definition) is 1. The van der Waals surface area contributed by atoms with E-state index in [1.165, 1.54) is 24.3 Å². The third-order valence-electron chi connectivity index (χ3n) is 3.65. The van der Waals surface area contributed by atoms with E-state index in [9.17, 15) is 4.79 Å². The Labute approximate surface area is 130 Å². The highest BCUT2D eigenvalue weighted by Crippen LogP contribution is 2.21. The number of anilines is 1. The van der Waals surface area contributed by atoms with Crippen molar-refractivity contribution < 1.29 is 4.79 Å². The molecule has 1 fully saturated rings. The number of nitrogens with one attached hydrogen (secondary N) is 1. The first-order valence-electron chi connectivity index (χ1n) is 6.90. The van der Waals surface area contributed by atoms with Crippen LogP contribution in [0.15, 0.2) is 18.2 Å². The smallest absolute Gasteiger partial charge is 0.238 e. The van der Waals surface area contributed by atoms with Gasteiger partial charge in [0, 0.05) is 16.8 Å². The molecular weight excluding hydrogens is 292 g/mol. The average Bonchev–Trinajstić information content (AvgIpc) is 2.44. The van der Waals surface area contributed by atoms with Crippen LogP contribution in [0.4, 0.5) is 5.69 Å². The minimum absolute atomic E-state index is 0.0347. The Balaban J connectivity index is 1.86. The molecule has 1 aliphatic heterocycles. The van der Waals surface area contributed by atoms with E-state index in [-0.39, 0.29) is 5.91 Å². The van der Waals surface area contributed by atoms with Crippen molar-refractivity contribution in [3.8, 4) is 0 Å². The number of carbonyl (C=O) groups is 1. The molecule has 1 N–H and O–H groups in total. The molecule has 0 bridgehead atoms. The monoisotopic (exact) mass is 312 g/mol. The minimum atomic E-state index is 0.0347. The molecule has 1 heterocycles. The zero-order chi connectivity index (χ0) is 14.5. The van der Waals surface area contributed by atoms with Crippen LogP contribution in [-0.4, -0.2) is 41.9 Å². The van der Waals surface area contributed by atoms with Gasteiger partial charge in [-0.1, -0.05) is 11.6 Å². The molecule has 1 aromatic rings. The summed E-state index contributed by atoms with van der Waals surface area (Å²) in [4.78, 5) is 14.2. The van der Waals surface area contributed by atoms with Crippen molar-refractivity contribution in [3.63, 3.8) is 0 Å². The normalized spacial score (nSPS) is 16.4. The number of amides is 1. The van der Waals surface area contributed by atoms with Gasteiger partial charge >= 0.3 is 0 Å². The van der Waals surface area contributed by atoms with Gasteiger partial charge in [0.05, 0.1) is 6.54 Å². The Morgan fingerprint density at radius 1 is 1.45 bits per heavy atom.